The molecule has 0 radical (unpaired) electrons. The maximum Gasteiger partial charge on any atom is 0.258 e. The second-order valence-electron chi connectivity index (χ2n) is 7.53. The molecule has 0 unspecified atom stereocenters. The Bertz CT molecular complexity index is 940. The molecule has 1 atom stereocenters. The maximum atomic E-state index is 12.7. The first-order valence-electron chi connectivity index (χ1n) is 10.6. The largest absolute Gasteiger partial charge is 0.381 e. The number of anilines is 1. The van der Waals surface area contributed by atoms with Crippen LogP contribution in [-0.4, -0.2) is 37.6 Å². The van der Waals surface area contributed by atoms with Gasteiger partial charge in [-0.05, 0) is 48.7 Å². The van der Waals surface area contributed by atoms with E-state index < -0.39 is 6.04 Å². The lowest BCUT2D eigenvalue weighted by Crippen LogP contribution is -2.35. The van der Waals surface area contributed by atoms with Crippen LogP contribution in [0.3, 0.4) is 0 Å². The van der Waals surface area contributed by atoms with Gasteiger partial charge in [-0.25, -0.2) is 0 Å². The number of amides is 2. The predicted molar refractivity (Wildman–Crippen MR) is 118 cm³/mol. The summed E-state index contributed by atoms with van der Waals surface area (Å²) in [6.07, 6.45) is 2.11. The predicted octanol–water partition coefficient (Wildman–Crippen LogP) is 2.54. The van der Waals surface area contributed by atoms with Crippen LogP contribution in [0, 0.1) is 11.3 Å². The first kappa shape index (κ1) is 22.5. The van der Waals surface area contributed by atoms with E-state index in [-0.39, 0.29) is 11.8 Å². The van der Waals surface area contributed by atoms with E-state index >= 15 is 0 Å². The van der Waals surface area contributed by atoms with Crippen LogP contribution in [0.2, 0.25) is 0 Å². The number of ether oxygens (including phenoxy) is 1. The molecule has 0 spiro atoms. The van der Waals surface area contributed by atoms with E-state index in [1.807, 2.05) is 48.5 Å². The fourth-order valence-corrected chi connectivity index (χ4v) is 3.57. The SMILES string of the molecule is N#C[C@H](Cc1ccc2c(c1)CN(c1ccccc1)C2=O)NC(=O)CCCOCCCN. The molecule has 1 heterocycles. The van der Waals surface area contributed by atoms with Gasteiger partial charge < -0.3 is 20.7 Å². The number of para-hydroxylation sites is 1. The Kier molecular flexibility index (Phi) is 8.16. The van der Waals surface area contributed by atoms with Crippen LogP contribution in [-0.2, 0) is 22.5 Å². The molecule has 7 nitrogen and oxygen atoms in total. The highest BCUT2D eigenvalue weighted by Gasteiger charge is 2.28. The number of nitrogens with two attached hydrogens (primary N) is 1. The molecule has 3 rings (SSSR count). The van der Waals surface area contributed by atoms with Crippen molar-refractivity contribution in [2.45, 2.75) is 38.3 Å². The van der Waals surface area contributed by atoms with Gasteiger partial charge >= 0.3 is 0 Å². The first-order chi connectivity index (χ1) is 15.1. The third-order valence-electron chi connectivity index (χ3n) is 5.16. The number of nitrogens with one attached hydrogen (secondary N) is 1. The molecule has 1 aliphatic rings. The second kappa shape index (κ2) is 11.3. The summed E-state index contributed by atoms with van der Waals surface area (Å²) < 4.78 is 5.39. The van der Waals surface area contributed by atoms with Gasteiger partial charge in [-0.2, -0.15) is 5.26 Å². The van der Waals surface area contributed by atoms with Gasteiger partial charge in [-0.1, -0.05) is 30.3 Å². The number of hydrogen-bond donors (Lipinski definition) is 2. The molecule has 2 aromatic carbocycles. The maximum absolute atomic E-state index is 12.7. The summed E-state index contributed by atoms with van der Waals surface area (Å²) in [6.45, 7) is 2.19. The molecule has 162 valence electrons. The first-order valence-corrected chi connectivity index (χ1v) is 10.6. The number of hydrogen-bond acceptors (Lipinski definition) is 5. The van der Waals surface area contributed by atoms with Gasteiger partial charge in [-0.15, -0.1) is 0 Å². The monoisotopic (exact) mass is 420 g/mol. The van der Waals surface area contributed by atoms with Crippen LogP contribution < -0.4 is 16.0 Å². The molecule has 0 aromatic heterocycles. The Morgan fingerprint density at radius 3 is 2.71 bits per heavy atom. The van der Waals surface area contributed by atoms with Crippen molar-refractivity contribution in [1.82, 2.24) is 5.32 Å². The van der Waals surface area contributed by atoms with Gasteiger partial charge in [0.15, 0.2) is 0 Å². The molecular weight excluding hydrogens is 392 g/mol. The van der Waals surface area contributed by atoms with Crippen LogP contribution in [0.15, 0.2) is 48.5 Å². The minimum atomic E-state index is -0.619. The number of carbonyl (C=O) groups excluding carboxylic acids is 2. The van der Waals surface area contributed by atoms with Crippen molar-refractivity contribution in [1.29, 1.82) is 5.26 Å². The van der Waals surface area contributed by atoms with Gasteiger partial charge in [-0.3, -0.25) is 9.59 Å². The molecule has 0 saturated heterocycles. The lowest BCUT2D eigenvalue weighted by molar-refractivity contribution is -0.121. The molecule has 7 heteroatoms. The molecule has 31 heavy (non-hydrogen) atoms. The Hall–Kier alpha value is -3.21. The van der Waals surface area contributed by atoms with Crippen LogP contribution in [0.4, 0.5) is 5.69 Å². The number of nitrogens with zero attached hydrogens (tertiary/aromatic N) is 2. The summed E-state index contributed by atoms with van der Waals surface area (Å²) in [4.78, 5) is 26.6. The summed E-state index contributed by atoms with van der Waals surface area (Å²) >= 11 is 0. The molecule has 1 aliphatic heterocycles. The second-order valence-corrected chi connectivity index (χ2v) is 7.53. The molecule has 0 aliphatic carbocycles. The number of benzene rings is 2. The molecule has 0 saturated carbocycles. The minimum Gasteiger partial charge on any atom is -0.381 e. The molecule has 2 aromatic rings. The Morgan fingerprint density at radius 1 is 1.19 bits per heavy atom. The summed E-state index contributed by atoms with van der Waals surface area (Å²) in [5.41, 5.74) is 8.79. The fourth-order valence-electron chi connectivity index (χ4n) is 3.57. The van der Waals surface area contributed by atoms with Crippen molar-refractivity contribution in [3.63, 3.8) is 0 Å². The van der Waals surface area contributed by atoms with Crippen molar-refractivity contribution in [3.05, 3.63) is 65.2 Å². The summed E-state index contributed by atoms with van der Waals surface area (Å²) in [6, 6.07) is 16.7. The zero-order valence-corrected chi connectivity index (χ0v) is 17.5. The van der Waals surface area contributed by atoms with E-state index in [2.05, 4.69) is 11.4 Å². The minimum absolute atomic E-state index is 0.0217. The van der Waals surface area contributed by atoms with Crippen molar-refractivity contribution < 1.29 is 14.3 Å². The summed E-state index contributed by atoms with van der Waals surface area (Å²) in [7, 11) is 0. The highest BCUT2D eigenvalue weighted by molar-refractivity contribution is 6.10. The Morgan fingerprint density at radius 2 is 1.97 bits per heavy atom. The number of nitriles is 1. The van der Waals surface area contributed by atoms with Crippen molar-refractivity contribution in [3.8, 4) is 6.07 Å². The van der Waals surface area contributed by atoms with Gasteiger partial charge in [0.1, 0.15) is 6.04 Å². The van der Waals surface area contributed by atoms with E-state index in [4.69, 9.17) is 10.5 Å². The highest BCUT2D eigenvalue weighted by Crippen LogP contribution is 2.29. The van der Waals surface area contributed by atoms with E-state index in [1.165, 1.54) is 0 Å². The van der Waals surface area contributed by atoms with E-state index in [0.717, 1.165) is 23.2 Å². The third kappa shape index (κ3) is 6.14. The van der Waals surface area contributed by atoms with Crippen LogP contribution in [0.25, 0.3) is 0 Å². The Labute approximate surface area is 182 Å². The van der Waals surface area contributed by atoms with Gasteiger partial charge in [0.05, 0.1) is 12.6 Å². The van der Waals surface area contributed by atoms with Gasteiger partial charge in [0.2, 0.25) is 5.91 Å². The summed E-state index contributed by atoms with van der Waals surface area (Å²) in [5, 5.41) is 12.2. The molecule has 2 amide bonds. The van der Waals surface area contributed by atoms with E-state index in [9.17, 15) is 14.9 Å². The topological polar surface area (TPSA) is 108 Å². The van der Waals surface area contributed by atoms with Crippen LogP contribution >= 0.6 is 0 Å². The number of rotatable bonds is 11. The quantitative estimate of drug-likeness (QED) is 0.543. The lowest BCUT2D eigenvalue weighted by atomic mass is 10.0. The van der Waals surface area contributed by atoms with Crippen LogP contribution in [0.5, 0.6) is 0 Å². The average molecular weight is 421 g/mol. The van der Waals surface area contributed by atoms with E-state index in [0.29, 0.717) is 51.1 Å². The van der Waals surface area contributed by atoms with Crippen molar-refractivity contribution >= 4 is 17.5 Å². The molecular formula is C24H28N4O3. The number of fused-ring (bicyclic) bond motifs is 1. The zero-order chi connectivity index (χ0) is 22.1. The Balaban J connectivity index is 1.53. The van der Waals surface area contributed by atoms with E-state index in [1.54, 1.807) is 4.90 Å². The van der Waals surface area contributed by atoms with Crippen LogP contribution in [0.1, 0.15) is 40.7 Å². The highest BCUT2D eigenvalue weighted by atomic mass is 16.5. The number of carbonyl (C=O) groups is 2. The summed E-state index contributed by atoms with van der Waals surface area (Å²) in [5.74, 6) is -0.188. The molecule has 3 N–H and O–H groups in total. The fraction of sp³-hybridized carbons (Fsp3) is 0.375. The van der Waals surface area contributed by atoms with Crippen molar-refractivity contribution in [2.75, 3.05) is 24.7 Å². The molecule has 0 fully saturated rings. The standard InChI is InChI=1S/C24H28N4O3/c25-11-5-13-31-12-4-8-23(29)27-20(16-26)15-18-9-10-22-19(14-18)17-28(24(22)30)21-6-2-1-3-7-21/h1-3,6-7,9-10,14,20H,4-5,8,11-13,15,17,25H2,(H,27,29)/t20-/m0/s1. The normalized spacial score (nSPS) is 13.5. The van der Waals surface area contributed by atoms with Gasteiger partial charge in [0.25, 0.3) is 5.91 Å². The third-order valence-corrected chi connectivity index (χ3v) is 5.16. The smallest absolute Gasteiger partial charge is 0.258 e. The molecule has 0 bridgehead atoms. The zero-order valence-electron chi connectivity index (χ0n) is 17.5. The lowest BCUT2D eigenvalue weighted by Gasteiger charge is -2.15. The van der Waals surface area contributed by atoms with Gasteiger partial charge in [0, 0.05) is 37.3 Å². The van der Waals surface area contributed by atoms with Crippen molar-refractivity contribution in [2.24, 2.45) is 5.73 Å². The average Bonchev–Trinajstić information content (AvgIpc) is 3.12.